The highest BCUT2D eigenvalue weighted by atomic mass is 79.9. The predicted octanol–water partition coefficient (Wildman–Crippen LogP) is 2.59. The molecule has 0 bridgehead atoms. The van der Waals surface area contributed by atoms with Gasteiger partial charge < -0.3 is 11.1 Å². The van der Waals surface area contributed by atoms with Crippen LogP contribution in [-0.2, 0) is 0 Å². The number of carbonyl (C=O) groups is 1. The summed E-state index contributed by atoms with van der Waals surface area (Å²) in [5.74, 6) is -0.0726. The second-order valence-electron chi connectivity index (χ2n) is 3.85. The Bertz CT molecular complexity index is 673. The number of nitrogens with one attached hydrogen (secondary N) is 1. The van der Waals surface area contributed by atoms with E-state index in [-0.39, 0.29) is 16.9 Å². The smallest absolute Gasteiger partial charge is 0.292 e. The van der Waals surface area contributed by atoms with Crippen LogP contribution in [0.25, 0.3) is 0 Å². The molecule has 0 aliphatic rings. The number of nitrogens with two attached hydrogens (primary N) is 1. The van der Waals surface area contributed by atoms with Crippen molar-refractivity contribution in [2.75, 3.05) is 11.1 Å². The summed E-state index contributed by atoms with van der Waals surface area (Å²) in [4.78, 5) is 26.0. The molecule has 1 heterocycles. The molecule has 2 rings (SSSR count). The first-order valence-corrected chi connectivity index (χ1v) is 6.23. The fourth-order valence-electron chi connectivity index (χ4n) is 1.50. The van der Waals surface area contributed by atoms with Gasteiger partial charge in [-0.3, -0.25) is 14.9 Å². The molecule has 3 N–H and O–H groups in total. The standard InChI is InChI=1S/C12H9BrN4O3/c13-8-2-4-11(15-6-8)16-12(18)7-1-3-10(17(19)20)9(14)5-7/h1-6H,14H2,(H,15,16,18). The summed E-state index contributed by atoms with van der Waals surface area (Å²) < 4.78 is 0.787. The Labute approximate surface area is 122 Å². The first-order chi connectivity index (χ1) is 9.47. The minimum absolute atomic E-state index is 0.0635. The summed E-state index contributed by atoms with van der Waals surface area (Å²) in [7, 11) is 0. The zero-order chi connectivity index (χ0) is 14.7. The monoisotopic (exact) mass is 336 g/mol. The Kier molecular flexibility index (Phi) is 3.94. The van der Waals surface area contributed by atoms with Crippen molar-refractivity contribution in [1.82, 2.24) is 4.98 Å². The second kappa shape index (κ2) is 5.66. The van der Waals surface area contributed by atoms with Crippen LogP contribution in [0.3, 0.4) is 0 Å². The number of hydrogen-bond donors (Lipinski definition) is 2. The maximum Gasteiger partial charge on any atom is 0.292 e. The van der Waals surface area contributed by atoms with Crippen LogP contribution in [0, 0.1) is 10.1 Å². The fourth-order valence-corrected chi connectivity index (χ4v) is 1.73. The Balaban J connectivity index is 2.19. The number of nitro groups is 1. The van der Waals surface area contributed by atoms with Crippen molar-refractivity contribution in [3.05, 3.63) is 56.7 Å². The predicted molar refractivity (Wildman–Crippen MR) is 77.4 cm³/mol. The van der Waals surface area contributed by atoms with E-state index in [4.69, 9.17) is 5.73 Å². The maximum absolute atomic E-state index is 11.9. The number of anilines is 2. The molecular formula is C12H9BrN4O3. The minimum atomic E-state index is -0.604. The third-order valence-corrected chi connectivity index (χ3v) is 2.92. The first-order valence-electron chi connectivity index (χ1n) is 5.44. The summed E-state index contributed by atoms with van der Waals surface area (Å²) in [6.07, 6.45) is 1.54. The molecule has 0 unspecified atom stereocenters. The number of carbonyl (C=O) groups excluding carboxylic acids is 1. The molecule has 1 amide bonds. The molecule has 0 atom stereocenters. The number of nitrogens with zero attached hydrogens (tertiary/aromatic N) is 2. The SMILES string of the molecule is Nc1cc(C(=O)Nc2ccc(Br)cn2)ccc1[N+](=O)[O-]. The Morgan fingerprint density at radius 2 is 2.10 bits per heavy atom. The molecule has 1 aromatic carbocycles. The Morgan fingerprint density at radius 1 is 1.35 bits per heavy atom. The average Bonchev–Trinajstić information content (AvgIpc) is 2.40. The van der Waals surface area contributed by atoms with Gasteiger partial charge in [0.25, 0.3) is 11.6 Å². The van der Waals surface area contributed by atoms with Crippen molar-refractivity contribution in [3.63, 3.8) is 0 Å². The number of nitro benzene ring substituents is 1. The number of hydrogen-bond acceptors (Lipinski definition) is 5. The lowest BCUT2D eigenvalue weighted by Gasteiger charge is -2.05. The lowest BCUT2D eigenvalue weighted by molar-refractivity contribution is -0.383. The molecule has 0 saturated carbocycles. The van der Waals surface area contributed by atoms with Crippen LogP contribution in [-0.4, -0.2) is 15.8 Å². The number of aromatic nitrogens is 1. The van der Waals surface area contributed by atoms with Gasteiger partial charge in [0.05, 0.1) is 4.92 Å². The maximum atomic E-state index is 11.9. The number of amides is 1. The summed E-state index contributed by atoms with van der Waals surface area (Å²) in [5.41, 5.74) is 5.45. The van der Waals surface area contributed by atoms with Gasteiger partial charge >= 0.3 is 0 Å². The van der Waals surface area contributed by atoms with Gasteiger partial charge in [0.15, 0.2) is 0 Å². The van der Waals surface area contributed by atoms with Crippen molar-refractivity contribution in [1.29, 1.82) is 0 Å². The molecule has 0 spiro atoms. The van der Waals surface area contributed by atoms with E-state index in [9.17, 15) is 14.9 Å². The molecule has 20 heavy (non-hydrogen) atoms. The minimum Gasteiger partial charge on any atom is -0.393 e. The zero-order valence-corrected chi connectivity index (χ0v) is 11.6. The number of nitrogen functional groups attached to an aromatic ring is 1. The number of benzene rings is 1. The van der Waals surface area contributed by atoms with E-state index < -0.39 is 10.8 Å². The van der Waals surface area contributed by atoms with Crippen LogP contribution in [0.1, 0.15) is 10.4 Å². The van der Waals surface area contributed by atoms with Crippen molar-refractivity contribution in [2.24, 2.45) is 0 Å². The lowest BCUT2D eigenvalue weighted by Crippen LogP contribution is -2.13. The third kappa shape index (κ3) is 3.09. The van der Waals surface area contributed by atoms with E-state index >= 15 is 0 Å². The topological polar surface area (TPSA) is 111 Å². The van der Waals surface area contributed by atoms with E-state index in [0.29, 0.717) is 5.82 Å². The Morgan fingerprint density at radius 3 is 2.65 bits per heavy atom. The van der Waals surface area contributed by atoms with Crippen molar-refractivity contribution in [3.8, 4) is 0 Å². The van der Waals surface area contributed by atoms with Gasteiger partial charge in [0.2, 0.25) is 0 Å². The van der Waals surface area contributed by atoms with Crippen LogP contribution >= 0.6 is 15.9 Å². The Hall–Kier alpha value is -2.48. The molecule has 2 aromatic rings. The zero-order valence-electron chi connectivity index (χ0n) is 10.0. The van der Waals surface area contributed by atoms with Crippen LogP contribution in [0.15, 0.2) is 41.0 Å². The molecular weight excluding hydrogens is 328 g/mol. The summed E-state index contributed by atoms with van der Waals surface area (Å²) in [6, 6.07) is 7.14. The lowest BCUT2D eigenvalue weighted by atomic mass is 10.1. The van der Waals surface area contributed by atoms with Gasteiger partial charge in [-0.2, -0.15) is 0 Å². The molecule has 7 nitrogen and oxygen atoms in total. The van der Waals surface area contributed by atoms with Crippen molar-refractivity contribution < 1.29 is 9.72 Å². The third-order valence-electron chi connectivity index (χ3n) is 2.46. The molecule has 1 aromatic heterocycles. The van der Waals surface area contributed by atoms with E-state index in [1.165, 1.54) is 18.2 Å². The highest BCUT2D eigenvalue weighted by molar-refractivity contribution is 9.10. The molecule has 102 valence electrons. The van der Waals surface area contributed by atoms with Gasteiger partial charge in [0, 0.05) is 22.3 Å². The van der Waals surface area contributed by atoms with E-state index in [1.54, 1.807) is 18.3 Å². The van der Waals surface area contributed by atoms with Crippen molar-refractivity contribution in [2.45, 2.75) is 0 Å². The van der Waals surface area contributed by atoms with Crippen LogP contribution < -0.4 is 11.1 Å². The fraction of sp³-hybridized carbons (Fsp3) is 0. The molecule has 0 radical (unpaired) electrons. The van der Waals surface area contributed by atoms with Gasteiger partial charge in [-0.25, -0.2) is 4.98 Å². The molecule has 0 aliphatic heterocycles. The molecule has 0 aliphatic carbocycles. The number of rotatable bonds is 3. The second-order valence-corrected chi connectivity index (χ2v) is 4.76. The highest BCUT2D eigenvalue weighted by Gasteiger charge is 2.14. The van der Waals surface area contributed by atoms with E-state index in [2.05, 4.69) is 26.2 Å². The van der Waals surface area contributed by atoms with Crippen LogP contribution in [0.5, 0.6) is 0 Å². The average molecular weight is 337 g/mol. The van der Waals surface area contributed by atoms with E-state index in [1.807, 2.05) is 0 Å². The van der Waals surface area contributed by atoms with Gasteiger partial charge in [-0.1, -0.05) is 0 Å². The van der Waals surface area contributed by atoms with Crippen LogP contribution in [0.2, 0.25) is 0 Å². The van der Waals surface area contributed by atoms with Gasteiger partial charge in [0.1, 0.15) is 11.5 Å². The molecule has 0 fully saturated rings. The highest BCUT2D eigenvalue weighted by Crippen LogP contribution is 2.22. The van der Waals surface area contributed by atoms with Crippen LogP contribution in [0.4, 0.5) is 17.2 Å². The molecule has 0 saturated heterocycles. The quantitative estimate of drug-likeness (QED) is 0.508. The largest absolute Gasteiger partial charge is 0.393 e. The first kappa shape index (κ1) is 13.9. The van der Waals surface area contributed by atoms with Gasteiger partial charge in [-0.15, -0.1) is 0 Å². The normalized spacial score (nSPS) is 10.1. The number of pyridine rings is 1. The number of halogens is 1. The summed E-state index contributed by atoms with van der Waals surface area (Å²) in [5, 5.41) is 13.2. The summed E-state index contributed by atoms with van der Waals surface area (Å²) >= 11 is 3.23. The van der Waals surface area contributed by atoms with E-state index in [0.717, 1.165) is 4.47 Å². The van der Waals surface area contributed by atoms with Crippen molar-refractivity contribution >= 4 is 39.0 Å². The van der Waals surface area contributed by atoms with Gasteiger partial charge in [-0.05, 0) is 40.2 Å². The summed E-state index contributed by atoms with van der Waals surface area (Å²) in [6.45, 7) is 0. The molecule has 8 heteroatoms.